The molecule has 3 aromatic carbocycles. The SMILES string of the molecule is O=C1NC(=S)N(c2ccc(Br)cc2)C(=O)/C1=C/c1ccc(OCc2ccccc2)cc1. The van der Waals surface area contributed by atoms with Crippen LogP contribution in [0.3, 0.4) is 0 Å². The van der Waals surface area contributed by atoms with Gasteiger partial charge in [0, 0.05) is 4.47 Å². The lowest BCUT2D eigenvalue weighted by molar-refractivity contribution is -0.122. The third kappa shape index (κ3) is 4.90. The Bertz CT molecular complexity index is 1160. The second kappa shape index (κ2) is 9.24. The molecule has 3 aromatic rings. The number of nitrogens with one attached hydrogen (secondary N) is 1. The molecule has 0 aromatic heterocycles. The maximum Gasteiger partial charge on any atom is 0.270 e. The molecule has 7 heteroatoms. The van der Waals surface area contributed by atoms with E-state index in [0.717, 1.165) is 10.0 Å². The number of hydrogen-bond acceptors (Lipinski definition) is 4. The number of hydrogen-bond donors (Lipinski definition) is 1. The molecule has 31 heavy (non-hydrogen) atoms. The first-order valence-corrected chi connectivity index (χ1v) is 10.7. The van der Waals surface area contributed by atoms with Crippen molar-refractivity contribution in [2.75, 3.05) is 4.90 Å². The molecule has 0 saturated carbocycles. The van der Waals surface area contributed by atoms with Crippen LogP contribution < -0.4 is 15.0 Å². The van der Waals surface area contributed by atoms with Crippen molar-refractivity contribution in [2.24, 2.45) is 0 Å². The zero-order chi connectivity index (χ0) is 21.8. The molecular formula is C24H17BrN2O3S. The van der Waals surface area contributed by atoms with Gasteiger partial charge in [0.15, 0.2) is 5.11 Å². The average molecular weight is 493 g/mol. The van der Waals surface area contributed by atoms with Gasteiger partial charge in [-0.15, -0.1) is 0 Å². The molecule has 0 aliphatic carbocycles. The molecule has 0 spiro atoms. The van der Waals surface area contributed by atoms with E-state index < -0.39 is 11.8 Å². The Labute approximate surface area is 193 Å². The van der Waals surface area contributed by atoms with E-state index in [9.17, 15) is 9.59 Å². The summed E-state index contributed by atoms with van der Waals surface area (Å²) in [5.41, 5.74) is 2.36. The lowest BCUT2D eigenvalue weighted by Gasteiger charge is -2.29. The van der Waals surface area contributed by atoms with Crippen molar-refractivity contribution in [3.8, 4) is 5.75 Å². The molecule has 1 heterocycles. The summed E-state index contributed by atoms with van der Waals surface area (Å²) in [6.45, 7) is 0.460. The highest BCUT2D eigenvalue weighted by Crippen LogP contribution is 2.24. The van der Waals surface area contributed by atoms with Gasteiger partial charge in [0.05, 0.1) is 5.69 Å². The minimum absolute atomic E-state index is 0.00877. The number of nitrogens with zero attached hydrogens (tertiary/aromatic N) is 1. The van der Waals surface area contributed by atoms with Gasteiger partial charge in [0.25, 0.3) is 11.8 Å². The van der Waals surface area contributed by atoms with Crippen LogP contribution in [0.1, 0.15) is 11.1 Å². The zero-order valence-corrected chi connectivity index (χ0v) is 18.7. The first kappa shape index (κ1) is 21.0. The summed E-state index contributed by atoms with van der Waals surface area (Å²) in [4.78, 5) is 26.8. The van der Waals surface area contributed by atoms with E-state index in [2.05, 4.69) is 21.2 Å². The van der Waals surface area contributed by atoms with Crippen molar-refractivity contribution in [1.82, 2.24) is 5.32 Å². The van der Waals surface area contributed by atoms with E-state index in [4.69, 9.17) is 17.0 Å². The highest BCUT2D eigenvalue weighted by molar-refractivity contribution is 9.10. The molecule has 1 saturated heterocycles. The van der Waals surface area contributed by atoms with E-state index in [1.165, 1.54) is 4.90 Å². The van der Waals surface area contributed by atoms with Crippen molar-refractivity contribution in [3.05, 3.63) is 100 Å². The second-order valence-corrected chi connectivity index (χ2v) is 8.08. The van der Waals surface area contributed by atoms with Gasteiger partial charge in [-0.05, 0) is 65.8 Å². The van der Waals surface area contributed by atoms with Gasteiger partial charge in [-0.2, -0.15) is 0 Å². The van der Waals surface area contributed by atoms with Gasteiger partial charge in [0.1, 0.15) is 17.9 Å². The fraction of sp³-hybridized carbons (Fsp3) is 0.0417. The molecule has 4 rings (SSSR count). The summed E-state index contributed by atoms with van der Waals surface area (Å²) < 4.78 is 6.66. The highest BCUT2D eigenvalue weighted by Gasteiger charge is 2.34. The van der Waals surface area contributed by atoms with Crippen LogP contribution in [0.25, 0.3) is 6.08 Å². The van der Waals surface area contributed by atoms with Crippen molar-refractivity contribution in [1.29, 1.82) is 0 Å². The Morgan fingerprint density at radius 3 is 2.29 bits per heavy atom. The van der Waals surface area contributed by atoms with Crippen LogP contribution in [0.4, 0.5) is 5.69 Å². The third-order valence-electron chi connectivity index (χ3n) is 4.63. The summed E-state index contributed by atoms with van der Waals surface area (Å²) in [7, 11) is 0. The molecule has 1 aliphatic heterocycles. The maximum atomic E-state index is 13.0. The van der Waals surface area contributed by atoms with Gasteiger partial charge in [0.2, 0.25) is 0 Å². The second-order valence-electron chi connectivity index (χ2n) is 6.78. The van der Waals surface area contributed by atoms with Crippen molar-refractivity contribution in [3.63, 3.8) is 0 Å². The van der Waals surface area contributed by atoms with Crippen molar-refractivity contribution < 1.29 is 14.3 Å². The Morgan fingerprint density at radius 2 is 1.61 bits per heavy atom. The number of rotatable bonds is 5. The summed E-state index contributed by atoms with van der Waals surface area (Å²) in [6, 6.07) is 24.2. The van der Waals surface area contributed by atoms with Gasteiger partial charge in [-0.3, -0.25) is 19.8 Å². The number of anilines is 1. The monoisotopic (exact) mass is 492 g/mol. The molecule has 1 fully saturated rings. The van der Waals surface area contributed by atoms with Crippen LogP contribution in [0.5, 0.6) is 5.75 Å². The summed E-state index contributed by atoms with van der Waals surface area (Å²) in [5.74, 6) is -0.295. The van der Waals surface area contributed by atoms with E-state index in [1.54, 1.807) is 54.6 Å². The maximum absolute atomic E-state index is 13.0. The molecule has 2 amide bonds. The highest BCUT2D eigenvalue weighted by atomic mass is 79.9. The van der Waals surface area contributed by atoms with Crippen LogP contribution >= 0.6 is 28.1 Å². The molecule has 154 valence electrons. The van der Waals surface area contributed by atoms with Gasteiger partial charge >= 0.3 is 0 Å². The minimum atomic E-state index is -0.521. The van der Waals surface area contributed by atoms with Crippen LogP contribution in [-0.2, 0) is 16.2 Å². The Kier molecular flexibility index (Phi) is 6.25. The molecular weight excluding hydrogens is 476 g/mol. The number of carbonyl (C=O) groups excluding carboxylic acids is 2. The Hall–Kier alpha value is -3.29. The summed E-state index contributed by atoms with van der Waals surface area (Å²) >= 11 is 8.59. The number of benzene rings is 3. The standard InChI is InChI=1S/C24H17BrN2O3S/c25-18-8-10-19(11-9-18)27-23(29)21(22(28)26-24(27)31)14-16-6-12-20(13-7-16)30-15-17-4-2-1-3-5-17/h1-14H,15H2,(H,26,28,31)/b21-14+. The van der Waals surface area contributed by atoms with Gasteiger partial charge < -0.3 is 4.74 Å². The topological polar surface area (TPSA) is 58.6 Å². The number of thiocarbonyl (C=S) groups is 1. The summed E-state index contributed by atoms with van der Waals surface area (Å²) in [6.07, 6.45) is 1.55. The summed E-state index contributed by atoms with van der Waals surface area (Å²) in [5, 5.41) is 2.64. The average Bonchev–Trinajstić information content (AvgIpc) is 2.78. The van der Waals surface area contributed by atoms with E-state index in [-0.39, 0.29) is 10.7 Å². The molecule has 1 N–H and O–H groups in total. The van der Waals surface area contributed by atoms with Gasteiger partial charge in [-0.1, -0.05) is 58.4 Å². The van der Waals surface area contributed by atoms with E-state index in [0.29, 0.717) is 23.6 Å². The molecule has 0 atom stereocenters. The predicted molar refractivity (Wildman–Crippen MR) is 128 cm³/mol. The van der Waals surface area contributed by atoms with Crippen molar-refractivity contribution in [2.45, 2.75) is 6.61 Å². The number of carbonyl (C=O) groups is 2. The van der Waals surface area contributed by atoms with Crippen molar-refractivity contribution >= 4 is 56.8 Å². The zero-order valence-electron chi connectivity index (χ0n) is 16.2. The lowest BCUT2D eigenvalue weighted by atomic mass is 10.1. The lowest BCUT2D eigenvalue weighted by Crippen LogP contribution is -2.54. The molecule has 5 nitrogen and oxygen atoms in total. The number of halogens is 1. The van der Waals surface area contributed by atoms with E-state index >= 15 is 0 Å². The Morgan fingerprint density at radius 1 is 0.935 bits per heavy atom. The normalized spacial score (nSPS) is 15.2. The van der Waals surface area contributed by atoms with Crippen LogP contribution in [0.2, 0.25) is 0 Å². The smallest absolute Gasteiger partial charge is 0.270 e. The first-order valence-electron chi connectivity index (χ1n) is 9.45. The van der Waals surface area contributed by atoms with Crippen LogP contribution in [0.15, 0.2) is 88.9 Å². The molecule has 0 radical (unpaired) electrons. The third-order valence-corrected chi connectivity index (χ3v) is 5.44. The molecule has 0 unspecified atom stereocenters. The fourth-order valence-electron chi connectivity index (χ4n) is 3.05. The molecule has 0 bridgehead atoms. The van der Waals surface area contributed by atoms with E-state index in [1.807, 2.05) is 30.3 Å². The Balaban J connectivity index is 1.52. The van der Waals surface area contributed by atoms with Crippen LogP contribution in [-0.4, -0.2) is 16.9 Å². The predicted octanol–water partition coefficient (Wildman–Crippen LogP) is 4.86. The number of amides is 2. The fourth-order valence-corrected chi connectivity index (χ4v) is 3.60. The largest absolute Gasteiger partial charge is 0.489 e. The molecule has 1 aliphatic rings. The van der Waals surface area contributed by atoms with Crippen LogP contribution in [0, 0.1) is 0 Å². The minimum Gasteiger partial charge on any atom is -0.489 e. The quantitative estimate of drug-likeness (QED) is 0.314. The van der Waals surface area contributed by atoms with Gasteiger partial charge in [-0.25, -0.2) is 0 Å². The number of ether oxygens (including phenoxy) is 1. The first-order chi connectivity index (χ1) is 15.0.